The Labute approximate surface area is 320 Å². The number of benzene rings is 1. The molecule has 53 heavy (non-hydrogen) atoms. The van der Waals surface area contributed by atoms with Gasteiger partial charge in [0.1, 0.15) is 17.2 Å². The molecule has 4 amide bonds. The third kappa shape index (κ3) is 11.6. The number of hydrogen-bond donors (Lipinski definition) is 3. The van der Waals surface area contributed by atoms with Gasteiger partial charge in [-0.05, 0) is 42.6 Å². The number of thiazole rings is 1. The third-order valence-electron chi connectivity index (χ3n) is 10.7. The maximum absolute atomic E-state index is 14.2. The van der Waals surface area contributed by atoms with Crippen molar-refractivity contribution < 1.29 is 33.8 Å². The van der Waals surface area contributed by atoms with Gasteiger partial charge < -0.3 is 35.0 Å². The molecule has 1 saturated heterocycles. The first kappa shape index (κ1) is 44.0. The summed E-state index contributed by atoms with van der Waals surface area (Å²) in [5, 5.41) is 19.1. The molecule has 0 saturated carbocycles. The highest BCUT2D eigenvalue weighted by molar-refractivity contribution is 7.09. The van der Waals surface area contributed by atoms with Gasteiger partial charge in [0.05, 0.1) is 42.7 Å². The van der Waals surface area contributed by atoms with Gasteiger partial charge in [-0.1, -0.05) is 85.2 Å². The van der Waals surface area contributed by atoms with E-state index >= 15 is 0 Å². The van der Waals surface area contributed by atoms with Crippen molar-refractivity contribution in [1.82, 2.24) is 25.4 Å². The molecule has 1 fully saturated rings. The van der Waals surface area contributed by atoms with E-state index < -0.39 is 42.2 Å². The molecule has 296 valence electrons. The summed E-state index contributed by atoms with van der Waals surface area (Å²) >= 11 is 1.50. The van der Waals surface area contributed by atoms with Crippen molar-refractivity contribution in [1.29, 1.82) is 0 Å². The molecule has 1 aliphatic rings. The second-order valence-corrected chi connectivity index (χ2v) is 16.1. The number of nitrogens with one attached hydrogen (secondary N) is 2. The fraction of sp³-hybridized carbons (Fsp3) is 0.675. The van der Waals surface area contributed by atoms with Crippen molar-refractivity contribution in [3.8, 4) is 0 Å². The zero-order valence-corrected chi connectivity index (χ0v) is 34.1. The second-order valence-electron chi connectivity index (χ2n) is 15.1. The van der Waals surface area contributed by atoms with E-state index in [9.17, 15) is 24.3 Å². The highest BCUT2D eigenvalue weighted by Gasteiger charge is 2.43. The number of amides is 4. The summed E-state index contributed by atoms with van der Waals surface area (Å²) in [6.07, 6.45) is 2.08. The summed E-state index contributed by atoms with van der Waals surface area (Å²) in [6.45, 7) is 13.6. The van der Waals surface area contributed by atoms with Gasteiger partial charge in [-0.25, -0.2) is 4.98 Å². The van der Waals surface area contributed by atoms with Gasteiger partial charge in [0.15, 0.2) is 0 Å². The number of aliphatic hydroxyl groups excluding tert-OH is 1. The van der Waals surface area contributed by atoms with Crippen LogP contribution in [0.2, 0.25) is 0 Å². The fourth-order valence-corrected chi connectivity index (χ4v) is 8.03. The van der Waals surface area contributed by atoms with Crippen molar-refractivity contribution >= 4 is 35.0 Å². The smallest absolute Gasteiger partial charge is 0.249 e. The zero-order chi connectivity index (χ0) is 39.4. The molecule has 9 atom stereocenters. The van der Waals surface area contributed by atoms with Crippen LogP contribution in [0.15, 0.2) is 41.9 Å². The maximum atomic E-state index is 14.2. The molecule has 12 nitrogen and oxygen atoms in total. The standard InChI is InChI=1S/C40H63N5O7S/c1-11-26(6)34(44(8)40(50)33(24(2)3)43-38(49)35(47)25(4)5)31(51-9)23-32(46)45-20-15-18-30(45)36(52-10)27(7)37(48)42-29(39-41-19-21-53-39)22-28-16-13-12-14-17-28/h12-14,16-17,19,21,24-27,29-31,33-36,47H,11,15,18,20,22-23H2,1-10H3,(H,42,48)(H,43,49)/t26-,27+,29-,30-,31+,33-,34-,35-,36+/m0/s1. The van der Waals surface area contributed by atoms with Crippen LogP contribution in [0.25, 0.3) is 0 Å². The molecule has 1 aliphatic heterocycles. The number of carbonyl (C=O) groups excluding carboxylic acids is 4. The molecule has 13 heteroatoms. The van der Waals surface area contributed by atoms with Gasteiger partial charge in [0.2, 0.25) is 23.6 Å². The van der Waals surface area contributed by atoms with E-state index in [0.717, 1.165) is 23.4 Å². The SMILES string of the molecule is CC[C@H](C)[C@@H]([C@@H](CC(=O)N1CCC[C@H]1[C@H](OC)[C@@H](C)C(=O)N[C@@H](Cc1ccccc1)c1nccs1)OC)N(C)C(=O)[C@@H](NC(=O)[C@@H](O)C(C)C)C(C)C. The number of aromatic nitrogens is 1. The average molecular weight is 758 g/mol. The predicted octanol–water partition coefficient (Wildman–Crippen LogP) is 4.62. The van der Waals surface area contributed by atoms with Gasteiger partial charge in [-0.2, -0.15) is 0 Å². The normalized spacial score (nSPS) is 19.2. The number of rotatable bonds is 20. The Morgan fingerprint density at radius 2 is 1.68 bits per heavy atom. The van der Waals surface area contributed by atoms with E-state index in [1.54, 1.807) is 46.2 Å². The first-order chi connectivity index (χ1) is 25.2. The topological polar surface area (TPSA) is 150 Å². The molecular formula is C40H63N5O7S. The zero-order valence-electron chi connectivity index (χ0n) is 33.3. The number of likely N-dealkylation sites (tertiary alicyclic amines) is 1. The molecule has 1 aromatic carbocycles. The van der Waals surface area contributed by atoms with E-state index in [4.69, 9.17) is 9.47 Å². The molecule has 2 aromatic rings. The maximum Gasteiger partial charge on any atom is 0.249 e. The summed E-state index contributed by atoms with van der Waals surface area (Å²) in [5.41, 5.74) is 1.08. The predicted molar refractivity (Wildman–Crippen MR) is 207 cm³/mol. The summed E-state index contributed by atoms with van der Waals surface area (Å²) in [6, 6.07) is 7.98. The molecule has 3 N–H and O–H groups in total. The molecule has 0 unspecified atom stereocenters. The van der Waals surface area contributed by atoms with E-state index in [-0.39, 0.29) is 54.0 Å². The largest absolute Gasteiger partial charge is 0.383 e. The molecule has 1 aromatic heterocycles. The Bertz CT molecular complexity index is 1440. The van der Waals surface area contributed by atoms with E-state index in [2.05, 4.69) is 15.6 Å². The first-order valence-electron chi connectivity index (χ1n) is 19.0. The minimum absolute atomic E-state index is 0.0185. The van der Waals surface area contributed by atoms with Crippen molar-refractivity contribution in [2.45, 2.75) is 123 Å². The van der Waals surface area contributed by atoms with Gasteiger partial charge in [0.25, 0.3) is 0 Å². The quantitative estimate of drug-likeness (QED) is 0.177. The van der Waals surface area contributed by atoms with Crippen LogP contribution in [0.4, 0.5) is 0 Å². The van der Waals surface area contributed by atoms with Crippen LogP contribution < -0.4 is 10.6 Å². The second kappa shape index (κ2) is 20.9. The summed E-state index contributed by atoms with van der Waals surface area (Å²) in [5.74, 6) is -2.39. The number of likely N-dealkylation sites (N-methyl/N-ethyl adjacent to an activating group) is 1. The minimum atomic E-state index is -1.24. The number of nitrogens with zero attached hydrogens (tertiary/aromatic N) is 3. The molecule has 0 aliphatic carbocycles. The van der Waals surface area contributed by atoms with Crippen molar-refractivity contribution in [3.63, 3.8) is 0 Å². The van der Waals surface area contributed by atoms with Gasteiger partial charge in [-0.15, -0.1) is 11.3 Å². The van der Waals surface area contributed by atoms with Crippen LogP contribution >= 0.6 is 11.3 Å². The number of carbonyl (C=O) groups is 4. The van der Waals surface area contributed by atoms with Gasteiger partial charge in [0, 0.05) is 39.4 Å². The lowest BCUT2D eigenvalue weighted by molar-refractivity contribution is -0.148. The molecule has 0 radical (unpaired) electrons. The lowest BCUT2D eigenvalue weighted by Crippen LogP contribution is -2.58. The third-order valence-corrected chi connectivity index (χ3v) is 11.6. The molecule has 3 rings (SSSR count). The lowest BCUT2D eigenvalue weighted by Gasteiger charge is -2.41. The fourth-order valence-electron chi connectivity index (χ4n) is 7.34. The number of ether oxygens (including phenoxy) is 2. The van der Waals surface area contributed by atoms with Crippen LogP contribution in [0, 0.1) is 23.7 Å². The van der Waals surface area contributed by atoms with E-state index in [0.29, 0.717) is 19.4 Å². The summed E-state index contributed by atoms with van der Waals surface area (Å²) < 4.78 is 12.0. The van der Waals surface area contributed by atoms with Crippen LogP contribution in [0.3, 0.4) is 0 Å². The van der Waals surface area contributed by atoms with Crippen molar-refractivity contribution in [2.24, 2.45) is 23.7 Å². The molecular weight excluding hydrogens is 695 g/mol. The first-order valence-corrected chi connectivity index (χ1v) is 19.9. The molecule has 2 heterocycles. The Morgan fingerprint density at radius 1 is 1.00 bits per heavy atom. The number of hydrogen-bond acceptors (Lipinski definition) is 9. The lowest BCUT2D eigenvalue weighted by atomic mass is 9.89. The van der Waals surface area contributed by atoms with E-state index in [1.165, 1.54) is 11.3 Å². The highest BCUT2D eigenvalue weighted by atomic mass is 32.1. The molecule has 0 bridgehead atoms. The number of aliphatic hydroxyl groups is 1. The van der Waals surface area contributed by atoms with Gasteiger partial charge >= 0.3 is 0 Å². The van der Waals surface area contributed by atoms with E-state index in [1.807, 2.05) is 75.2 Å². The Balaban J connectivity index is 1.78. The summed E-state index contributed by atoms with van der Waals surface area (Å²) in [4.78, 5) is 62.8. The average Bonchev–Trinajstić information content (AvgIpc) is 3.86. The minimum Gasteiger partial charge on any atom is -0.383 e. The molecule has 0 spiro atoms. The Morgan fingerprint density at radius 3 is 2.23 bits per heavy atom. The van der Waals surface area contributed by atoms with Crippen molar-refractivity contribution in [2.75, 3.05) is 27.8 Å². The highest BCUT2D eigenvalue weighted by Crippen LogP contribution is 2.30. The Kier molecular flexibility index (Phi) is 17.4. The van der Waals surface area contributed by atoms with Crippen molar-refractivity contribution in [3.05, 3.63) is 52.5 Å². The van der Waals surface area contributed by atoms with Crippen LogP contribution in [0.1, 0.15) is 90.8 Å². The van der Waals surface area contributed by atoms with Crippen LogP contribution in [-0.2, 0) is 35.1 Å². The summed E-state index contributed by atoms with van der Waals surface area (Å²) in [7, 11) is 4.82. The van der Waals surface area contributed by atoms with Crippen LogP contribution in [-0.4, -0.2) is 108 Å². The Hall–Kier alpha value is -3.39. The monoisotopic (exact) mass is 757 g/mol. The van der Waals surface area contributed by atoms with Crippen LogP contribution in [0.5, 0.6) is 0 Å². The number of methoxy groups -OCH3 is 2. The van der Waals surface area contributed by atoms with Gasteiger partial charge in [-0.3, -0.25) is 19.2 Å².